The van der Waals surface area contributed by atoms with Gasteiger partial charge < -0.3 is 4.74 Å². The molecule has 0 amide bonds. The zero-order valence-electron chi connectivity index (χ0n) is 18.7. The van der Waals surface area contributed by atoms with Crippen LogP contribution in [-0.4, -0.2) is 31.6 Å². The SMILES string of the molecule is Cc1ccn2c(=O)cc(CSc3nc4cc(Cl)ccc4c(=O)n3CCCOC(C)C)nc2c1. The topological polar surface area (TPSA) is 78.5 Å². The Balaban J connectivity index is 1.66. The lowest BCUT2D eigenvalue weighted by Crippen LogP contribution is -2.24. The number of rotatable bonds is 8. The van der Waals surface area contributed by atoms with Crippen LogP contribution in [0.2, 0.25) is 5.02 Å². The summed E-state index contributed by atoms with van der Waals surface area (Å²) in [4.78, 5) is 35.1. The predicted molar refractivity (Wildman–Crippen MR) is 132 cm³/mol. The van der Waals surface area contributed by atoms with Gasteiger partial charge in [-0.15, -0.1) is 0 Å². The van der Waals surface area contributed by atoms with Crippen molar-refractivity contribution in [2.75, 3.05) is 6.61 Å². The van der Waals surface area contributed by atoms with Gasteiger partial charge >= 0.3 is 0 Å². The zero-order valence-corrected chi connectivity index (χ0v) is 20.3. The molecule has 4 rings (SSSR count). The summed E-state index contributed by atoms with van der Waals surface area (Å²) in [6, 6.07) is 10.4. The van der Waals surface area contributed by atoms with Gasteiger partial charge in [0.1, 0.15) is 5.65 Å². The molecule has 0 bridgehead atoms. The summed E-state index contributed by atoms with van der Waals surface area (Å²) in [5.41, 5.74) is 2.54. The quantitative estimate of drug-likeness (QED) is 0.208. The van der Waals surface area contributed by atoms with Gasteiger partial charge in [-0.25, -0.2) is 9.97 Å². The van der Waals surface area contributed by atoms with Crippen molar-refractivity contribution in [1.29, 1.82) is 0 Å². The Bertz CT molecular complexity index is 1430. The molecule has 0 fully saturated rings. The number of halogens is 1. The van der Waals surface area contributed by atoms with Crippen LogP contribution in [0.25, 0.3) is 16.6 Å². The third-order valence-electron chi connectivity index (χ3n) is 5.08. The van der Waals surface area contributed by atoms with E-state index in [0.717, 1.165) is 5.56 Å². The second-order valence-corrected chi connectivity index (χ2v) is 9.47. The van der Waals surface area contributed by atoms with E-state index in [-0.39, 0.29) is 17.2 Å². The predicted octanol–water partition coefficient (Wildman–Crippen LogP) is 4.47. The Morgan fingerprint density at radius 3 is 2.73 bits per heavy atom. The first-order valence-electron chi connectivity index (χ1n) is 10.8. The molecule has 0 spiro atoms. The van der Waals surface area contributed by atoms with Crippen molar-refractivity contribution >= 4 is 39.9 Å². The number of thioether (sulfide) groups is 1. The van der Waals surface area contributed by atoms with E-state index < -0.39 is 0 Å². The molecule has 0 N–H and O–H groups in total. The Morgan fingerprint density at radius 1 is 1.12 bits per heavy atom. The van der Waals surface area contributed by atoms with Gasteiger partial charge in [-0.1, -0.05) is 23.4 Å². The molecule has 33 heavy (non-hydrogen) atoms. The van der Waals surface area contributed by atoms with Crippen LogP contribution in [0.15, 0.2) is 57.3 Å². The number of aromatic nitrogens is 4. The summed E-state index contributed by atoms with van der Waals surface area (Å²) in [5.74, 6) is 0.403. The first-order chi connectivity index (χ1) is 15.8. The van der Waals surface area contributed by atoms with Gasteiger partial charge in [0.15, 0.2) is 5.16 Å². The molecule has 9 heteroatoms. The van der Waals surface area contributed by atoms with Gasteiger partial charge in [-0.3, -0.25) is 18.6 Å². The van der Waals surface area contributed by atoms with Crippen LogP contribution < -0.4 is 11.1 Å². The molecule has 7 nitrogen and oxygen atoms in total. The van der Waals surface area contributed by atoms with E-state index in [1.54, 1.807) is 29.0 Å². The van der Waals surface area contributed by atoms with E-state index in [0.29, 0.717) is 57.7 Å². The first-order valence-corrected chi connectivity index (χ1v) is 12.1. The summed E-state index contributed by atoms with van der Waals surface area (Å²) >= 11 is 7.51. The standard InChI is InChI=1S/C24H25ClN4O3S/c1-15(2)32-10-4-8-29-23(31)19-6-5-17(25)12-20(19)27-24(29)33-14-18-13-22(30)28-9-7-16(3)11-21(28)26-18/h5-7,9,11-13,15H,4,8,10,14H2,1-3H3. The molecule has 172 valence electrons. The Labute approximate surface area is 200 Å². The molecular weight excluding hydrogens is 460 g/mol. The second kappa shape index (κ2) is 10.1. The molecule has 0 aliphatic heterocycles. The lowest BCUT2D eigenvalue weighted by molar-refractivity contribution is 0.0743. The number of ether oxygens (including phenoxy) is 1. The van der Waals surface area contributed by atoms with Crippen molar-refractivity contribution in [3.8, 4) is 0 Å². The van der Waals surface area contributed by atoms with Crippen LogP contribution >= 0.6 is 23.4 Å². The summed E-state index contributed by atoms with van der Waals surface area (Å²) in [5, 5.41) is 1.60. The smallest absolute Gasteiger partial charge is 0.262 e. The summed E-state index contributed by atoms with van der Waals surface area (Å²) in [7, 11) is 0. The van der Waals surface area contributed by atoms with E-state index in [4.69, 9.17) is 21.3 Å². The Hall–Kier alpha value is -2.68. The van der Waals surface area contributed by atoms with E-state index in [2.05, 4.69) is 4.98 Å². The van der Waals surface area contributed by atoms with E-state index in [1.807, 2.05) is 32.9 Å². The normalized spacial score (nSPS) is 11.7. The molecule has 0 atom stereocenters. The van der Waals surface area contributed by atoms with E-state index in [1.165, 1.54) is 22.2 Å². The highest BCUT2D eigenvalue weighted by atomic mass is 35.5. The molecule has 1 aromatic carbocycles. The van der Waals surface area contributed by atoms with Gasteiger partial charge in [0.2, 0.25) is 0 Å². The highest BCUT2D eigenvalue weighted by molar-refractivity contribution is 7.98. The minimum atomic E-state index is -0.142. The lowest BCUT2D eigenvalue weighted by Gasteiger charge is -2.14. The maximum atomic E-state index is 13.2. The second-order valence-electron chi connectivity index (χ2n) is 8.09. The zero-order chi connectivity index (χ0) is 23.5. The van der Waals surface area contributed by atoms with Gasteiger partial charge in [0.25, 0.3) is 11.1 Å². The molecular formula is C24H25ClN4O3S. The lowest BCUT2D eigenvalue weighted by atomic mass is 10.2. The van der Waals surface area contributed by atoms with Gasteiger partial charge in [0.05, 0.1) is 22.7 Å². The Morgan fingerprint density at radius 2 is 1.94 bits per heavy atom. The molecule has 4 aromatic rings. The van der Waals surface area contributed by atoms with Crippen molar-refractivity contribution in [3.63, 3.8) is 0 Å². The monoisotopic (exact) mass is 484 g/mol. The van der Waals surface area contributed by atoms with Crippen LogP contribution in [0.1, 0.15) is 31.5 Å². The maximum absolute atomic E-state index is 13.2. The highest BCUT2D eigenvalue weighted by Crippen LogP contribution is 2.23. The minimum absolute atomic E-state index is 0.120. The fraction of sp³-hybridized carbons (Fsp3) is 0.333. The molecule has 0 radical (unpaired) electrons. The third-order valence-corrected chi connectivity index (χ3v) is 6.33. The average molecular weight is 485 g/mol. The number of aryl methyl sites for hydroxylation is 1. The molecule has 0 aliphatic carbocycles. The number of pyridine rings is 1. The van der Waals surface area contributed by atoms with Crippen molar-refractivity contribution in [2.24, 2.45) is 0 Å². The van der Waals surface area contributed by atoms with Gasteiger partial charge in [-0.2, -0.15) is 0 Å². The largest absolute Gasteiger partial charge is 0.379 e. The number of fused-ring (bicyclic) bond motifs is 2. The Kier molecular flexibility index (Phi) is 7.17. The number of nitrogens with zero attached hydrogens (tertiary/aromatic N) is 4. The van der Waals surface area contributed by atoms with Crippen LogP contribution in [0.5, 0.6) is 0 Å². The van der Waals surface area contributed by atoms with Crippen molar-refractivity contribution < 1.29 is 4.74 Å². The fourth-order valence-corrected chi connectivity index (χ4v) is 4.57. The van der Waals surface area contributed by atoms with Crippen molar-refractivity contribution in [2.45, 2.75) is 50.8 Å². The third kappa shape index (κ3) is 5.46. The van der Waals surface area contributed by atoms with Gasteiger partial charge in [0, 0.05) is 36.2 Å². The molecule has 3 aromatic heterocycles. The highest BCUT2D eigenvalue weighted by Gasteiger charge is 2.13. The first kappa shape index (κ1) is 23.5. The van der Waals surface area contributed by atoms with Crippen molar-refractivity contribution in [1.82, 2.24) is 18.9 Å². The molecule has 3 heterocycles. The van der Waals surface area contributed by atoms with Crippen LogP contribution in [0.4, 0.5) is 0 Å². The van der Waals surface area contributed by atoms with E-state index in [9.17, 15) is 9.59 Å². The van der Waals surface area contributed by atoms with Crippen LogP contribution in [-0.2, 0) is 17.0 Å². The van der Waals surface area contributed by atoms with Crippen molar-refractivity contribution in [3.05, 3.63) is 79.6 Å². The number of hydrogen-bond acceptors (Lipinski definition) is 6. The minimum Gasteiger partial charge on any atom is -0.379 e. The fourth-order valence-electron chi connectivity index (χ4n) is 3.49. The summed E-state index contributed by atoms with van der Waals surface area (Å²) in [6.07, 6.45) is 2.54. The molecule has 0 saturated carbocycles. The molecule has 0 aliphatic rings. The van der Waals surface area contributed by atoms with Crippen LogP contribution in [0.3, 0.4) is 0 Å². The van der Waals surface area contributed by atoms with Gasteiger partial charge in [-0.05, 0) is 63.1 Å². The summed E-state index contributed by atoms with van der Waals surface area (Å²) < 4.78 is 8.82. The number of hydrogen-bond donors (Lipinski definition) is 0. The maximum Gasteiger partial charge on any atom is 0.262 e. The van der Waals surface area contributed by atoms with E-state index >= 15 is 0 Å². The summed E-state index contributed by atoms with van der Waals surface area (Å²) in [6.45, 7) is 6.95. The van der Waals surface area contributed by atoms with Crippen LogP contribution in [0, 0.1) is 6.92 Å². The molecule has 0 unspecified atom stereocenters. The number of benzene rings is 1. The average Bonchev–Trinajstić information content (AvgIpc) is 2.76. The molecule has 0 saturated heterocycles.